The van der Waals surface area contributed by atoms with E-state index in [-0.39, 0.29) is 0 Å². The molecule has 4 heterocycles. The molecule has 3 aromatic heterocycles. The zero-order valence-corrected chi connectivity index (χ0v) is 17.8. The first-order valence-corrected chi connectivity index (χ1v) is 10.6. The highest BCUT2D eigenvalue weighted by Gasteiger charge is 2.16. The van der Waals surface area contributed by atoms with Crippen LogP contribution in [0.25, 0.3) is 33.3 Å². The lowest BCUT2D eigenvalue weighted by molar-refractivity contribution is 0.183. The normalized spacial score (nSPS) is 16.1. The molecular formula is C24H25N5O2. The maximum Gasteiger partial charge on any atom is 0.233 e. The van der Waals surface area contributed by atoms with Crippen LogP contribution < -0.4 is 4.74 Å². The van der Waals surface area contributed by atoms with Crippen molar-refractivity contribution in [3.05, 3.63) is 54.5 Å². The summed E-state index contributed by atoms with van der Waals surface area (Å²) in [6.45, 7) is 4.66. The molecule has 1 saturated heterocycles. The number of aryl methyl sites for hydroxylation is 2. The summed E-state index contributed by atoms with van der Waals surface area (Å²) in [6, 6.07) is 12.2. The van der Waals surface area contributed by atoms with E-state index in [0.717, 1.165) is 71.6 Å². The first kappa shape index (κ1) is 19.6. The van der Waals surface area contributed by atoms with Gasteiger partial charge in [0.25, 0.3) is 0 Å². The molecule has 158 valence electrons. The third kappa shape index (κ3) is 4.14. The van der Waals surface area contributed by atoms with Gasteiger partial charge in [0.05, 0.1) is 24.5 Å². The monoisotopic (exact) mass is 415 g/mol. The fourth-order valence-electron chi connectivity index (χ4n) is 4.02. The van der Waals surface area contributed by atoms with Gasteiger partial charge in [-0.1, -0.05) is 18.2 Å². The van der Waals surface area contributed by atoms with Crippen LogP contribution in [0.3, 0.4) is 0 Å². The molecule has 0 radical (unpaired) electrons. The largest absolute Gasteiger partial charge is 0.480 e. The molecule has 1 atom stereocenters. The average molecular weight is 415 g/mol. The van der Waals surface area contributed by atoms with Crippen LogP contribution in [0.15, 0.2) is 48.8 Å². The number of methoxy groups -OCH3 is 1. The smallest absolute Gasteiger partial charge is 0.233 e. The highest BCUT2D eigenvalue weighted by atomic mass is 16.5. The quantitative estimate of drug-likeness (QED) is 0.467. The van der Waals surface area contributed by atoms with Gasteiger partial charge >= 0.3 is 0 Å². The minimum absolute atomic E-state index is 0.506. The Morgan fingerprint density at radius 1 is 1.13 bits per heavy atom. The van der Waals surface area contributed by atoms with Crippen molar-refractivity contribution in [2.75, 3.05) is 20.3 Å². The van der Waals surface area contributed by atoms with E-state index in [2.05, 4.69) is 33.6 Å². The molecule has 31 heavy (non-hydrogen) atoms. The first-order chi connectivity index (χ1) is 15.2. The summed E-state index contributed by atoms with van der Waals surface area (Å²) >= 11 is 0. The summed E-state index contributed by atoms with van der Waals surface area (Å²) in [5.74, 6) is 1.15. The number of pyridine rings is 1. The van der Waals surface area contributed by atoms with E-state index >= 15 is 0 Å². The summed E-state index contributed by atoms with van der Waals surface area (Å²) in [7, 11) is 1.59. The standard InChI is InChI=1S/C24H25N5O2/c1-16-3-6-21(20-13-25-29(14-20)9-7-17-8-10-31-15-17)24(26-16)19-5-4-18-12-23(30-2)28-27-22(18)11-19/h3-6,11-14,17H,7-10,15H2,1-2H3. The van der Waals surface area contributed by atoms with Gasteiger partial charge < -0.3 is 9.47 Å². The van der Waals surface area contributed by atoms with Crippen LogP contribution in [0.1, 0.15) is 18.5 Å². The number of fused-ring (bicyclic) bond motifs is 1. The van der Waals surface area contributed by atoms with Gasteiger partial charge in [-0.05, 0) is 37.8 Å². The second kappa shape index (κ2) is 8.43. The van der Waals surface area contributed by atoms with Crippen molar-refractivity contribution in [2.45, 2.75) is 26.3 Å². The molecule has 1 aliphatic heterocycles. The molecule has 1 fully saturated rings. The number of rotatable bonds is 6. The third-order valence-electron chi connectivity index (χ3n) is 5.82. The SMILES string of the molecule is COc1cc2ccc(-c3nc(C)ccc3-c3cnn(CCC4CCOC4)c3)cc2nn1. The third-order valence-corrected chi connectivity index (χ3v) is 5.82. The van der Waals surface area contributed by atoms with E-state index in [4.69, 9.17) is 14.5 Å². The van der Waals surface area contributed by atoms with Gasteiger partial charge in [-0.15, -0.1) is 10.2 Å². The maximum atomic E-state index is 5.48. The highest BCUT2D eigenvalue weighted by Crippen LogP contribution is 2.32. The van der Waals surface area contributed by atoms with Crippen LogP contribution in [0.2, 0.25) is 0 Å². The van der Waals surface area contributed by atoms with Crippen LogP contribution >= 0.6 is 0 Å². The Balaban J connectivity index is 1.47. The predicted molar refractivity (Wildman–Crippen MR) is 119 cm³/mol. The molecule has 0 bridgehead atoms. The Morgan fingerprint density at radius 3 is 2.90 bits per heavy atom. The van der Waals surface area contributed by atoms with Crippen molar-refractivity contribution >= 4 is 10.9 Å². The number of nitrogens with zero attached hydrogens (tertiary/aromatic N) is 5. The van der Waals surface area contributed by atoms with Crippen LogP contribution in [-0.4, -0.2) is 45.3 Å². The van der Waals surface area contributed by atoms with Crippen LogP contribution in [-0.2, 0) is 11.3 Å². The molecule has 0 spiro atoms. The van der Waals surface area contributed by atoms with Gasteiger partial charge in [0.2, 0.25) is 5.88 Å². The molecule has 0 saturated carbocycles. The average Bonchev–Trinajstić information content (AvgIpc) is 3.49. The molecule has 5 rings (SSSR count). The number of ether oxygens (including phenoxy) is 2. The van der Waals surface area contributed by atoms with Crippen LogP contribution in [0.5, 0.6) is 5.88 Å². The fraction of sp³-hybridized carbons (Fsp3) is 0.333. The Labute approximate surface area is 181 Å². The van der Waals surface area contributed by atoms with Gasteiger partial charge in [-0.25, -0.2) is 0 Å². The molecule has 7 nitrogen and oxygen atoms in total. The van der Waals surface area contributed by atoms with Crippen molar-refractivity contribution in [3.63, 3.8) is 0 Å². The van der Waals surface area contributed by atoms with Crippen molar-refractivity contribution < 1.29 is 9.47 Å². The van der Waals surface area contributed by atoms with Crippen molar-refractivity contribution in [1.82, 2.24) is 25.0 Å². The Morgan fingerprint density at radius 2 is 2.06 bits per heavy atom. The van der Waals surface area contributed by atoms with E-state index in [1.165, 1.54) is 0 Å². The number of aromatic nitrogens is 5. The van der Waals surface area contributed by atoms with E-state index in [9.17, 15) is 0 Å². The molecule has 1 unspecified atom stereocenters. The van der Waals surface area contributed by atoms with E-state index in [1.54, 1.807) is 7.11 Å². The zero-order valence-electron chi connectivity index (χ0n) is 17.8. The van der Waals surface area contributed by atoms with Gasteiger partial charge in [0, 0.05) is 59.8 Å². The summed E-state index contributed by atoms with van der Waals surface area (Å²) in [4.78, 5) is 4.85. The molecular weight excluding hydrogens is 390 g/mol. The summed E-state index contributed by atoms with van der Waals surface area (Å²) < 4.78 is 12.7. The second-order valence-corrected chi connectivity index (χ2v) is 8.02. The molecule has 7 heteroatoms. The number of hydrogen-bond acceptors (Lipinski definition) is 6. The molecule has 4 aromatic rings. The molecule has 0 aliphatic carbocycles. The van der Waals surface area contributed by atoms with E-state index in [1.807, 2.05) is 42.1 Å². The minimum Gasteiger partial charge on any atom is -0.480 e. The second-order valence-electron chi connectivity index (χ2n) is 8.02. The lowest BCUT2D eigenvalue weighted by Crippen LogP contribution is -2.06. The molecule has 0 N–H and O–H groups in total. The minimum atomic E-state index is 0.506. The van der Waals surface area contributed by atoms with Gasteiger partial charge in [0.1, 0.15) is 0 Å². The van der Waals surface area contributed by atoms with Crippen LogP contribution in [0, 0.1) is 12.8 Å². The Hall–Kier alpha value is -3.32. The lowest BCUT2D eigenvalue weighted by atomic mass is 10.00. The predicted octanol–water partition coefficient (Wildman–Crippen LogP) is 4.30. The number of hydrogen-bond donors (Lipinski definition) is 0. The zero-order chi connectivity index (χ0) is 21.2. The first-order valence-electron chi connectivity index (χ1n) is 10.6. The molecule has 1 aliphatic rings. The fourth-order valence-corrected chi connectivity index (χ4v) is 4.02. The summed E-state index contributed by atoms with van der Waals surface area (Å²) in [6.07, 6.45) is 6.27. The molecule has 1 aromatic carbocycles. The van der Waals surface area contributed by atoms with Crippen molar-refractivity contribution in [3.8, 4) is 28.3 Å². The van der Waals surface area contributed by atoms with Crippen LogP contribution in [0.4, 0.5) is 0 Å². The van der Waals surface area contributed by atoms with E-state index < -0.39 is 0 Å². The van der Waals surface area contributed by atoms with Crippen molar-refractivity contribution in [2.24, 2.45) is 5.92 Å². The van der Waals surface area contributed by atoms with Crippen molar-refractivity contribution in [1.29, 1.82) is 0 Å². The maximum absolute atomic E-state index is 5.48. The van der Waals surface area contributed by atoms with E-state index in [0.29, 0.717) is 11.8 Å². The van der Waals surface area contributed by atoms with Gasteiger partial charge in [-0.3, -0.25) is 9.67 Å². The Bertz CT molecular complexity index is 1210. The van der Waals surface area contributed by atoms with Gasteiger partial charge in [0.15, 0.2) is 0 Å². The Kier molecular flexibility index (Phi) is 5.34. The summed E-state index contributed by atoms with van der Waals surface area (Å²) in [5.41, 5.74) is 5.81. The summed E-state index contributed by atoms with van der Waals surface area (Å²) in [5, 5.41) is 14.0. The number of benzene rings is 1. The lowest BCUT2D eigenvalue weighted by Gasteiger charge is -2.10. The molecule has 0 amide bonds. The highest BCUT2D eigenvalue weighted by molar-refractivity contribution is 5.88. The topological polar surface area (TPSA) is 75.0 Å². The van der Waals surface area contributed by atoms with Gasteiger partial charge in [-0.2, -0.15) is 5.10 Å².